The van der Waals surface area contributed by atoms with Gasteiger partial charge < -0.3 is 24.4 Å². The first kappa shape index (κ1) is 31.8. The normalized spacial score (nSPS) is 11.3. The number of nitrogens with zero attached hydrogens (tertiary/aromatic N) is 1. The third kappa shape index (κ3) is 11.0. The van der Waals surface area contributed by atoms with E-state index in [1.165, 1.54) is 0 Å². The lowest BCUT2D eigenvalue weighted by Gasteiger charge is -2.25. The van der Waals surface area contributed by atoms with Crippen LogP contribution in [-0.4, -0.2) is 48.9 Å². The number of anilines is 1. The second kappa shape index (κ2) is 17.1. The van der Waals surface area contributed by atoms with E-state index in [0.717, 1.165) is 22.4 Å². The standard InChI is InChI=1S/C31H34Cl2N2O6/c1-23-20-26(12-14-28(23)35(18-16-32)19-17-33)41-31(38)34-27(30(37)40-22-25-10-6-3-7-11-25)13-15-29(36)39-21-24-8-4-2-5-9-24/h2-12,14,20,27H,13,15-19,21-22H2,1H3,(H,34,38)/t27-/m1/s1. The van der Waals surface area contributed by atoms with E-state index >= 15 is 0 Å². The molecule has 0 saturated carbocycles. The van der Waals surface area contributed by atoms with Crippen molar-refractivity contribution in [2.24, 2.45) is 0 Å². The molecular weight excluding hydrogens is 567 g/mol. The number of alkyl halides is 2. The lowest BCUT2D eigenvalue weighted by atomic mass is 10.1. The van der Waals surface area contributed by atoms with Gasteiger partial charge in [-0.25, -0.2) is 9.59 Å². The summed E-state index contributed by atoms with van der Waals surface area (Å²) in [4.78, 5) is 40.1. The zero-order valence-corrected chi connectivity index (χ0v) is 24.4. The van der Waals surface area contributed by atoms with Crippen molar-refractivity contribution < 1.29 is 28.6 Å². The van der Waals surface area contributed by atoms with Gasteiger partial charge in [-0.15, -0.1) is 23.2 Å². The first-order valence-electron chi connectivity index (χ1n) is 13.3. The fraction of sp³-hybridized carbons (Fsp3) is 0.323. The van der Waals surface area contributed by atoms with Crippen LogP contribution < -0.4 is 15.0 Å². The summed E-state index contributed by atoms with van der Waals surface area (Å²) in [6, 6.07) is 22.5. The van der Waals surface area contributed by atoms with Crippen molar-refractivity contribution in [2.75, 3.05) is 29.7 Å². The van der Waals surface area contributed by atoms with Gasteiger partial charge in [0.1, 0.15) is 25.0 Å². The molecule has 0 aliphatic rings. The monoisotopic (exact) mass is 600 g/mol. The molecule has 3 rings (SSSR count). The number of benzene rings is 3. The average molecular weight is 602 g/mol. The van der Waals surface area contributed by atoms with E-state index in [2.05, 4.69) is 10.2 Å². The maximum Gasteiger partial charge on any atom is 0.413 e. The van der Waals surface area contributed by atoms with E-state index in [-0.39, 0.29) is 26.1 Å². The summed E-state index contributed by atoms with van der Waals surface area (Å²) in [5.41, 5.74) is 3.43. The number of esters is 2. The van der Waals surface area contributed by atoms with E-state index in [0.29, 0.717) is 30.6 Å². The number of hydrogen-bond acceptors (Lipinski definition) is 7. The number of rotatable bonds is 15. The van der Waals surface area contributed by atoms with Crippen molar-refractivity contribution in [2.45, 2.75) is 39.0 Å². The average Bonchev–Trinajstić information content (AvgIpc) is 2.98. The SMILES string of the molecule is Cc1cc(OC(=O)N[C@H](CCC(=O)OCc2ccccc2)C(=O)OCc2ccccc2)ccc1N(CCCl)CCCl. The molecule has 0 saturated heterocycles. The number of carbonyl (C=O) groups is 3. The smallest absolute Gasteiger partial charge is 0.413 e. The van der Waals surface area contributed by atoms with Gasteiger partial charge in [0.2, 0.25) is 0 Å². The summed E-state index contributed by atoms with van der Waals surface area (Å²) in [6.07, 6.45) is -0.988. The zero-order chi connectivity index (χ0) is 29.5. The van der Waals surface area contributed by atoms with Crippen molar-refractivity contribution in [3.05, 3.63) is 95.6 Å². The Morgan fingerprint density at radius 2 is 1.41 bits per heavy atom. The molecule has 0 fully saturated rings. The number of aryl methyl sites for hydroxylation is 1. The summed E-state index contributed by atoms with van der Waals surface area (Å²) in [7, 11) is 0. The van der Waals surface area contributed by atoms with E-state index in [1.54, 1.807) is 12.1 Å². The second-order valence-electron chi connectivity index (χ2n) is 9.18. The van der Waals surface area contributed by atoms with Crippen molar-refractivity contribution in [3.63, 3.8) is 0 Å². The van der Waals surface area contributed by atoms with E-state index < -0.39 is 24.1 Å². The minimum atomic E-state index is -1.13. The molecule has 0 unspecified atom stereocenters. The van der Waals surface area contributed by atoms with Gasteiger partial charge in [-0.05, 0) is 48.2 Å². The maximum atomic E-state index is 12.9. The molecule has 0 heterocycles. The fourth-order valence-corrected chi connectivity index (χ4v) is 4.44. The first-order valence-corrected chi connectivity index (χ1v) is 14.3. The molecule has 3 aromatic rings. The lowest BCUT2D eigenvalue weighted by Crippen LogP contribution is -2.43. The van der Waals surface area contributed by atoms with E-state index in [4.69, 9.17) is 37.4 Å². The first-order chi connectivity index (χ1) is 19.9. The van der Waals surface area contributed by atoms with Crippen LogP contribution in [0, 0.1) is 6.92 Å². The minimum absolute atomic E-state index is 0.0209. The number of hydrogen-bond donors (Lipinski definition) is 1. The number of carbonyl (C=O) groups excluding carboxylic acids is 3. The maximum absolute atomic E-state index is 12.9. The quantitative estimate of drug-likeness (QED) is 0.169. The number of amides is 1. The summed E-state index contributed by atoms with van der Waals surface area (Å²) >= 11 is 11.9. The van der Waals surface area contributed by atoms with Crippen LogP contribution in [0.5, 0.6) is 5.75 Å². The van der Waals surface area contributed by atoms with E-state index in [1.807, 2.05) is 73.7 Å². The molecule has 0 aliphatic carbocycles. The summed E-state index contributed by atoms with van der Waals surface area (Å²) in [5.74, 6) is -0.0171. The van der Waals surface area contributed by atoms with Gasteiger partial charge in [0, 0.05) is 37.0 Å². The highest BCUT2D eigenvalue weighted by Gasteiger charge is 2.25. The lowest BCUT2D eigenvalue weighted by molar-refractivity contribution is -0.148. The number of halogens is 2. The second-order valence-corrected chi connectivity index (χ2v) is 9.93. The predicted molar refractivity (Wildman–Crippen MR) is 159 cm³/mol. The van der Waals surface area contributed by atoms with Crippen molar-refractivity contribution in [1.29, 1.82) is 0 Å². The summed E-state index contributed by atoms with van der Waals surface area (Å²) in [5, 5.41) is 2.54. The molecule has 0 bridgehead atoms. The van der Waals surface area contributed by atoms with Crippen molar-refractivity contribution >= 4 is 46.9 Å². The molecule has 0 radical (unpaired) electrons. The van der Waals surface area contributed by atoms with Crippen LogP contribution in [-0.2, 0) is 32.3 Å². The highest BCUT2D eigenvalue weighted by molar-refractivity contribution is 6.18. The molecule has 0 spiro atoms. The molecule has 10 heteroatoms. The van der Waals surface area contributed by atoms with Crippen LogP contribution in [0.15, 0.2) is 78.9 Å². The van der Waals surface area contributed by atoms with Gasteiger partial charge in [-0.2, -0.15) is 0 Å². The van der Waals surface area contributed by atoms with Gasteiger partial charge >= 0.3 is 18.0 Å². The van der Waals surface area contributed by atoms with Gasteiger partial charge in [-0.1, -0.05) is 60.7 Å². The van der Waals surface area contributed by atoms with Crippen LogP contribution in [0.2, 0.25) is 0 Å². The fourth-order valence-electron chi connectivity index (χ4n) is 4.03. The largest absolute Gasteiger partial charge is 0.461 e. The van der Waals surface area contributed by atoms with E-state index in [9.17, 15) is 14.4 Å². The molecule has 0 aliphatic heterocycles. The Bertz CT molecular complexity index is 1250. The Balaban J connectivity index is 1.62. The van der Waals surface area contributed by atoms with Crippen LogP contribution in [0.4, 0.5) is 10.5 Å². The molecule has 3 aromatic carbocycles. The number of nitrogens with one attached hydrogen (secondary N) is 1. The molecule has 218 valence electrons. The molecule has 0 aromatic heterocycles. The topological polar surface area (TPSA) is 94.2 Å². The highest BCUT2D eigenvalue weighted by Crippen LogP contribution is 2.25. The minimum Gasteiger partial charge on any atom is -0.461 e. The third-order valence-corrected chi connectivity index (χ3v) is 6.45. The van der Waals surface area contributed by atoms with Gasteiger partial charge in [0.25, 0.3) is 0 Å². The van der Waals surface area contributed by atoms with Crippen LogP contribution >= 0.6 is 23.2 Å². The third-order valence-electron chi connectivity index (χ3n) is 6.11. The predicted octanol–water partition coefficient (Wildman–Crippen LogP) is 6.00. The molecule has 1 N–H and O–H groups in total. The molecular formula is C31H34Cl2N2O6. The summed E-state index contributed by atoms with van der Waals surface area (Å²) < 4.78 is 16.2. The molecule has 1 atom stereocenters. The van der Waals surface area contributed by atoms with Gasteiger partial charge in [0.15, 0.2) is 0 Å². The zero-order valence-electron chi connectivity index (χ0n) is 22.9. The van der Waals surface area contributed by atoms with Crippen molar-refractivity contribution in [3.8, 4) is 5.75 Å². The highest BCUT2D eigenvalue weighted by atomic mass is 35.5. The Labute approximate surface area is 250 Å². The Kier molecular flexibility index (Phi) is 13.3. The molecule has 1 amide bonds. The van der Waals surface area contributed by atoms with Crippen LogP contribution in [0.25, 0.3) is 0 Å². The van der Waals surface area contributed by atoms with Crippen LogP contribution in [0.1, 0.15) is 29.5 Å². The van der Waals surface area contributed by atoms with Gasteiger partial charge in [0.05, 0.1) is 0 Å². The number of ether oxygens (including phenoxy) is 3. The van der Waals surface area contributed by atoms with Crippen LogP contribution in [0.3, 0.4) is 0 Å². The Morgan fingerprint density at radius 1 is 0.829 bits per heavy atom. The Hall–Kier alpha value is -3.75. The molecule has 41 heavy (non-hydrogen) atoms. The Morgan fingerprint density at radius 3 is 1.98 bits per heavy atom. The van der Waals surface area contributed by atoms with Crippen molar-refractivity contribution in [1.82, 2.24) is 5.32 Å². The molecule has 8 nitrogen and oxygen atoms in total. The summed E-state index contributed by atoms with van der Waals surface area (Å²) in [6.45, 7) is 3.26. The van der Waals surface area contributed by atoms with Gasteiger partial charge in [-0.3, -0.25) is 4.79 Å².